The molecule has 1 aliphatic rings. The smallest absolute Gasteiger partial charge is 0.223 e. The van der Waals surface area contributed by atoms with E-state index < -0.39 is 11.0 Å². The van der Waals surface area contributed by atoms with Crippen LogP contribution in [0.1, 0.15) is 33.6 Å². The zero-order chi connectivity index (χ0) is 27.9. The SMILES string of the molecule is CC(C)(O)CNc1cc(N2CCC(C)(C(N)=O)CC2)n2nc(-c3ccccc3Cl)c(-c3ccc(Cl)cc3)c2n1. The lowest BCUT2D eigenvalue weighted by Crippen LogP contribution is -2.46. The molecule has 0 aliphatic carbocycles. The lowest BCUT2D eigenvalue weighted by molar-refractivity contribution is -0.127. The molecule has 4 aromatic rings. The Balaban J connectivity index is 1.73. The molecular formula is C29H32Cl2N6O2. The van der Waals surface area contributed by atoms with E-state index in [9.17, 15) is 9.90 Å². The molecule has 0 saturated carbocycles. The second kappa shape index (κ2) is 10.3. The van der Waals surface area contributed by atoms with Gasteiger partial charge in [-0.05, 0) is 50.5 Å². The third kappa shape index (κ3) is 5.55. The summed E-state index contributed by atoms with van der Waals surface area (Å²) in [5, 5.41) is 19.9. The van der Waals surface area contributed by atoms with Crippen LogP contribution in [0.15, 0.2) is 54.6 Å². The van der Waals surface area contributed by atoms with Gasteiger partial charge < -0.3 is 21.1 Å². The first-order chi connectivity index (χ1) is 18.4. The zero-order valence-electron chi connectivity index (χ0n) is 22.2. The van der Waals surface area contributed by atoms with Crippen LogP contribution in [0.3, 0.4) is 0 Å². The number of nitrogens with one attached hydrogen (secondary N) is 1. The van der Waals surface area contributed by atoms with Crippen LogP contribution in [0.25, 0.3) is 28.0 Å². The molecule has 10 heteroatoms. The van der Waals surface area contributed by atoms with Crippen LogP contribution in [-0.2, 0) is 4.79 Å². The summed E-state index contributed by atoms with van der Waals surface area (Å²) in [5.74, 6) is 1.14. The molecule has 0 bridgehead atoms. The summed E-state index contributed by atoms with van der Waals surface area (Å²) in [7, 11) is 0. The van der Waals surface area contributed by atoms with Gasteiger partial charge in [-0.3, -0.25) is 4.79 Å². The molecule has 3 heterocycles. The summed E-state index contributed by atoms with van der Waals surface area (Å²) in [5.41, 5.74) is 8.03. The number of hydrogen-bond acceptors (Lipinski definition) is 6. The number of amides is 1. The molecule has 4 N–H and O–H groups in total. The van der Waals surface area contributed by atoms with E-state index in [4.69, 9.17) is 39.0 Å². The first-order valence-corrected chi connectivity index (χ1v) is 13.7. The van der Waals surface area contributed by atoms with E-state index >= 15 is 0 Å². The summed E-state index contributed by atoms with van der Waals surface area (Å²) < 4.78 is 1.84. The number of anilines is 2. The monoisotopic (exact) mass is 566 g/mol. The molecule has 0 atom stereocenters. The summed E-state index contributed by atoms with van der Waals surface area (Å²) >= 11 is 12.9. The van der Waals surface area contributed by atoms with E-state index in [1.54, 1.807) is 13.8 Å². The summed E-state index contributed by atoms with van der Waals surface area (Å²) in [6.45, 7) is 6.96. The van der Waals surface area contributed by atoms with Gasteiger partial charge in [0.2, 0.25) is 5.91 Å². The molecule has 0 unspecified atom stereocenters. The fourth-order valence-electron chi connectivity index (χ4n) is 4.82. The third-order valence-electron chi connectivity index (χ3n) is 7.32. The molecule has 2 aromatic heterocycles. The minimum absolute atomic E-state index is 0.278. The quantitative estimate of drug-likeness (QED) is 0.267. The Labute approximate surface area is 237 Å². The molecule has 1 amide bonds. The van der Waals surface area contributed by atoms with Crippen molar-refractivity contribution in [2.75, 3.05) is 29.9 Å². The lowest BCUT2D eigenvalue weighted by atomic mass is 9.80. The molecular weight excluding hydrogens is 535 g/mol. The zero-order valence-corrected chi connectivity index (χ0v) is 23.7. The fraction of sp³-hybridized carbons (Fsp3) is 0.345. The minimum Gasteiger partial charge on any atom is -0.389 e. The number of aromatic nitrogens is 3. The van der Waals surface area contributed by atoms with Gasteiger partial charge in [-0.1, -0.05) is 60.5 Å². The Hall–Kier alpha value is -3.33. The molecule has 5 rings (SSSR count). The molecule has 1 fully saturated rings. The van der Waals surface area contributed by atoms with E-state index in [0.29, 0.717) is 59.7 Å². The maximum absolute atomic E-state index is 12.1. The van der Waals surface area contributed by atoms with Crippen molar-refractivity contribution < 1.29 is 9.90 Å². The molecule has 204 valence electrons. The highest BCUT2D eigenvalue weighted by atomic mass is 35.5. The van der Waals surface area contributed by atoms with Crippen LogP contribution in [0.4, 0.5) is 11.6 Å². The number of halogens is 2. The maximum Gasteiger partial charge on any atom is 0.223 e. The van der Waals surface area contributed by atoms with Gasteiger partial charge in [-0.25, -0.2) is 4.98 Å². The Bertz CT molecular complexity index is 1520. The minimum atomic E-state index is -0.940. The van der Waals surface area contributed by atoms with E-state index in [0.717, 1.165) is 22.5 Å². The van der Waals surface area contributed by atoms with Crippen LogP contribution in [-0.4, -0.2) is 50.8 Å². The van der Waals surface area contributed by atoms with E-state index in [-0.39, 0.29) is 5.91 Å². The predicted octanol–water partition coefficient (Wildman–Crippen LogP) is 5.64. The Morgan fingerprint density at radius 3 is 2.41 bits per heavy atom. The van der Waals surface area contributed by atoms with Gasteiger partial charge in [0.25, 0.3) is 0 Å². The van der Waals surface area contributed by atoms with E-state index in [1.807, 2.05) is 66.0 Å². The topological polar surface area (TPSA) is 109 Å². The number of carbonyl (C=O) groups excluding carboxylic acids is 1. The van der Waals surface area contributed by atoms with Crippen LogP contribution >= 0.6 is 23.2 Å². The highest BCUT2D eigenvalue weighted by Crippen LogP contribution is 2.41. The van der Waals surface area contributed by atoms with Crippen molar-refractivity contribution in [1.82, 2.24) is 14.6 Å². The third-order valence-corrected chi connectivity index (χ3v) is 7.90. The van der Waals surface area contributed by atoms with E-state index in [2.05, 4.69) is 10.2 Å². The van der Waals surface area contributed by atoms with Crippen molar-refractivity contribution in [3.8, 4) is 22.4 Å². The largest absolute Gasteiger partial charge is 0.389 e. The van der Waals surface area contributed by atoms with Gasteiger partial charge in [0.15, 0.2) is 5.65 Å². The van der Waals surface area contributed by atoms with Gasteiger partial charge >= 0.3 is 0 Å². The number of hydrogen-bond donors (Lipinski definition) is 3. The molecule has 39 heavy (non-hydrogen) atoms. The molecule has 1 aliphatic heterocycles. The van der Waals surface area contributed by atoms with Gasteiger partial charge in [-0.2, -0.15) is 9.61 Å². The number of nitrogens with zero attached hydrogens (tertiary/aromatic N) is 4. The van der Waals surface area contributed by atoms with Crippen molar-refractivity contribution >= 4 is 46.4 Å². The van der Waals surface area contributed by atoms with Crippen molar-refractivity contribution in [2.24, 2.45) is 11.1 Å². The Morgan fingerprint density at radius 1 is 1.13 bits per heavy atom. The number of benzene rings is 2. The van der Waals surface area contributed by atoms with Crippen LogP contribution in [0, 0.1) is 5.41 Å². The normalized spacial score (nSPS) is 15.5. The number of carbonyl (C=O) groups is 1. The summed E-state index contributed by atoms with van der Waals surface area (Å²) in [6, 6.07) is 17.1. The predicted molar refractivity (Wildman–Crippen MR) is 157 cm³/mol. The van der Waals surface area contributed by atoms with E-state index in [1.165, 1.54) is 0 Å². The summed E-state index contributed by atoms with van der Waals surface area (Å²) in [4.78, 5) is 19.3. The molecule has 8 nitrogen and oxygen atoms in total. The second-order valence-electron chi connectivity index (χ2n) is 11.0. The summed E-state index contributed by atoms with van der Waals surface area (Å²) in [6.07, 6.45) is 1.25. The van der Waals surface area contributed by atoms with Gasteiger partial charge in [0, 0.05) is 41.7 Å². The molecule has 0 radical (unpaired) electrons. The fourth-order valence-corrected chi connectivity index (χ4v) is 5.18. The van der Waals surface area contributed by atoms with Crippen LogP contribution in [0.2, 0.25) is 10.0 Å². The second-order valence-corrected chi connectivity index (χ2v) is 11.9. The number of aliphatic hydroxyl groups is 1. The average Bonchev–Trinajstić information content (AvgIpc) is 3.27. The van der Waals surface area contributed by atoms with Crippen molar-refractivity contribution in [3.05, 3.63) is 64.6 Å². The number of nitrogens with two attached hydrogens (primary N) is 1. The van der Waals surface area contributed by atoms with Crippen LogP contribution < -0.4 is 16.0 Å². The number of piperidine rings is 1. The Kier molecular flexibility index (Phi) is 7.22. The Morgan fingerprint density at radius 2 is 1.79 bits per heavy atom. The van der Waals surface area contributed by atoms with Crippen LogP contribution in [0.5, 0.6) is 0 Å². The lowest BCUT2D eigenvalue weighted by Gasteiger charge is -2.38. The molecule has 2 aromatic carbocycles. The highest BCUT2D eigenvalue weighted by molar-refractivity contribution is 6.33. The van der Waals surface area contributed by atoms with Crippen molar-refractivity contribution in [2.45, 2.75) is 39.2 Å². The maximum atomic E-state index is 12.1. The first kappa shape index (κ1) is 27.2. The highest BCUT2D eigenvalue weighted by Gasteiger charge is 2.36. The van der Waals surface area contributed by atoms with Crippen molar-refractivity contribution in [1.29, 1.82) is 0 Å². The van der Waals surface area contributed by atoms with Gasteiger partial charge in [0.05, 0.1) is 16.2 Å². The van der Waals surface area contributed by atoms with Gasteiger partial charge in [0.1, 0.15) is 17.3 Å². The number of rotatable bonds is 7. The first-order valence-electron chi connectivity index (χ1n) is 12.9. The van der Waals surface area contributed by atoms with Gasteiger partial charge in [-0.15, -0.1) is 0 Å². The number of fused-ring (bicyclic) bond motifs is 1. The molecule has 0 spiro atoms. The van der Waals surface area contributed by atoms with Crippen molar-refractivity contribution in [3.63, 3.8) is 0 Å². The number of primary amides is 1. The average molecular weight is 568 g/mol. The molecule has 1 saturated heterocycles. The standard InChI is InChI=1S/C29H32Cl2N6O2/c1-28(2,39)17-33-22-16-23(36-14-12-29(3,13-15-36)27(32)38)37-26(34-22)24(18-8-10-19(30)11-9-18)25(35-37)20-6-4-5-7-21(20)31/h4-11,16,39H,12-15,17H2,1-3H3,(H2,32,38)(H,33,34).